The third-order valence-electron chi connectivity index (χ3n) is 3.86. The predicted molar refractivity (Wildman–Crippen MR) is 104 cm³/mol. The van der Waals surface area contributed by atoms with Gasteiger partial charge in [-0.3, -0.25) is 4.79 Å². The van der Waals surface area contributed by atoms with Crippen molar-refractivity contribution in [3.05, 3.63) is 58.7 Å². The Hall–Kier alpha value is -2.99. The summed E-state index contributed by atoms with van der Waals surface area (Å²) in [7, 11) is 0. The Kier molecular flexibility index (Phi) is 5.66. The molecular weight excluding hydrogens is 368 g/mol. The Balaban J connectivity index is 1.92. The van der Waals surface area contributed by atoms with Gasteiger partial charge >= 0.3 is 6.03 Å². The number of hydrogen-bond donors (Lipinski definition) is 1. The van der Waals surface area contributed by atoms with Gasteiger partial charge in [-0.15, -0.1) is 0 Å². The summed E-state index contributed by atoms with van der Waals surface area (Å²) in [5.41, 5.74) is 1.28. The van der Waals surface area contributed by atoms with Crippen LogP contribution < -0.4 is 19.7 Å². The van der Waals surface area contributed by atoms with Gasteiger partial charge in [-0.05, 0) is 56.3 Å². The molecule has 0 atom stereocenters. The number of ether oxygens (including phenoxy) is 2. The molecule has 1 aliphatic rings. The maximum absolute atomic E-state index is 12.7. The topological polar surface area (TPSA) is 67.9 Å². The molecule has 27 heavy (non-hydrogen) atoms. The largest absolute Gasteiger partial charge is 0.494 e. The second-order valence-corrected chi connectivity index (χ2v) is 6.11. The summed E-state index contributed by atoms with van der Waals surface area (Å²) in [6, 6.07) is 11.3. The van der Waals surface area contributed by atoms with Crippen molar-refractivity contribution in [3.63, 3.8) is 0 Å². The molecule has 2 aromatic rings. The summed E-state index contributed by atoms with van der Waals surface area (Å²) in [6.45, 7) is 4.77. The highest BCUT2D eigenvalue weighted by Gasteiger charge is 2.35. The van der Waals surface area contributed by atoms with Gasteiger partial charge in [0.1, 0.15) is 17.2 Å². The fraction of sp³-hybridized carbons (Fsp3) is 0.200. The first-order valence-electron chi connectivity index (χ1n) is 8.55. The number of imide groups is 1. The Morgan fingerprint density at radius 2 is 1.74 bits per heavy atom. The number of amides is 3. The predicted octanol–water partition coefficient (Wildman–Crippen LogP) is 4.23. The second-order valence-electron chi connectivity index (χ2n) is 5.67. The third-order valence-corrected chi connectivity index (χ3v) is 4.11. The quantitative estimate of drug-likeness (QED) is 0.595. The van der Waals surface area contributed by atoms with Crippen LogP contribution in [0.5, 0.6) is 11.5 Å². The number of carbonyl (C=O) groups is 2. The third kappa shape index (κ3) is 4.06. The minimum atomic E-state index is -0.516. The van der Waals surface area contributed by atoms with Crippen LogP contribution in [0.2, 0.25) is 5.02 Å². The van der Waals surface area contributed by atoms with Crippen molar-refractivity contribution in [3.8, 4) is 11.5 Å². The first kappa shape index (κ1) is 18.8. The number of urea groups is 1. The Morgan fingerprint density at radius 3 is 2.41 bits per heavy atom. The van der Waals surface area contributed by atoms with Gasteiger partial charge in [0.2, 0.25) is 0 Å². The minimum absolute atomic E-state index is 0.167. The van der Waals surface area contributed by atoms with Crippen LogP contribution in [0.25, 0.3) is 6.08 Å². The van der Waals surface area contributed by atoms with Crippen LogP contribution in [0.3, 0.4) is 0 Å². The van der Waals surface area contributed by atoms with E-state index in [1.165, 1.54) is 0 Å². The van der Waals surface area contributed by atoms with E-state index in [4.69, 9.17) is 21.1 Å². The summed E-state index contributed by atoms with van der Waals surface area (Å²) in [6.07, 6.45) is 1.59. The zero-order valence-corrected chi connectivity index (χ0v) is 15.7. The van der Waals surface area contributed by atoms with Gasteiger partial charge in [-0.2, -0.15) is 0 Å². The molecule has 0 aromatic heterocycles. The maximum atomic E-state index is 12.7. The average molecular weight is 387 g/mol. The summed E-state index contributed by atoms with van der Waals surface area (Å²) in [5.74, 6) is 0.800. The molecule has 3 rings (SSSR count). The van der Waals surface area contributed by atoms with Crippen LogP contribution >= 0.6 is 11.6 Å². The van der Waals surface area contributed by atoms with E-state index in [1.54, 1.807) is 48.5 Å². The second kappa shape index (κ2) is 8.14. The van der Waals surface area contributed by atoms with E-state index >= 15 is 0 Å². The van der Waals surface area contributed by atoms with E-state index in [1.807, 2.05) is 13.8 Å². The van der Waals surface area contributed by atoms with E-state index < -0.39 is 11.9 Å². The van der Waals surface area contributed by atoms with E-state index in [2.05, 4.69) is 5.32 Å². The van der Waals surface area contributed by atoms with Crippen LogP contribution in [0.4, 0.5) is 10.5 Å². The fourth-order valence-corrected chi connectivity index (χ4v) is 2.81. The molecule has 2 aromatic carbocycles. The van der Waals surface area contributed by atoms with Gasteiger partial charge in [0, 0.05) is 16.7 Å². The number of benzene rings is 2. The first-order chi connectivity index (χ1) is 13.0. The standard InChI is InChI=1S/C20H19ClN2O4/c1-3-26-16-10-5-13(18(12-16)27-4-2)11-17-19(24)23(20(25)22-17)15-8-6-14(21)7-9-15/h5-12H,3-4H2,1-2H3,(H,22,25)/b17-11+. The van der Waals surface area contributed by atoms with Crippen LogP contribution in [0.1, 0.15) is 19.4 Å². The maximum Gasteiger partial charge on any atom is 0.333 e. The summed E-state index contributed by atoms with van der Waals surface area (Å²) >= 11 is 5.87. The zero-order valence-electron chi connectivity index (χ0n) is 15.0. The molecule has 140 valence electrons. The van der Waals surface area contributed by atoms with Gasteiger partial charge in [0.25, 0.3) is 5.91 Å². The summed E-state index contributed by atoms with van der Waals surface area (Å²) < 4.78 is 11.1. The van der Waals surface area contributed by atoms with Crippen molar-refractivity contribution in [2.24, 2.45) is 0 Å². The minimum Gasteiger partial charge on any atom is -0.494 e. The zero-order chi connectivity index (χ0) is 19.4. The van der Waals surface area contributed by atoms with Crippen LogP contribution in [-0.4, -0.2) is 25.2 Å². The Labute approximate surface area is 162 Å². The molecule has 3 amide bonds. The first-order valence-corrected chi connectivity index (χ1v) is 8.93. The smallest absolute Gasteiger partial charge is 0.333 e. The van der Waals surface area contributed by atoms with Crippen molar-refractivity contribution < 1.29 is 19.1 Å². The molecule has 6 nitrogen and oxygen atoms in total. The molecule has 0 unspecified atom stereocenters. The van der Waals surface area contributed by atoms with Gasteiger partial charge in [-0.25, -0.2) is 9.69 Å². The highest BCUT2D eigenvalue weighted by atomic mass is 35.5. The van der Waals surface area contributed by atoms with Crippen molar-refractivity contribution in [1.29, 1.82) is 0 Å². The number of nitrogens with zero attached hydrogens (tertiary/aromatic N) is 1. The van der Waals surface area contributed by atoms with Gasteiger partial charge in [-0.1, -0.05) is 11.6 Å². The molecule has 1 aliphatic heterocycles. The number of anilines is 1. The lowest BCUT2D eigenvalue weighted by Gasteiger charge is -2.12. The molecule has 0 aliphatic carbocycles. The van der Waals surface area contributed by atoms with Crippen molar-refractivity contribution in [2.75, 3.05) is 18.1 Å². The number of halogens is 1. The average Bonchev–Trinajstić information content (AvgIpc) is 2.92. The van der Waals surface area contributed by atoms with Crippen LogP contribution in [-0.2, 0) is 4.79 Å². The van der Waals surface area contributed by atoms with E-state index in [0.717, 1.165) is 4.90 Å². The van der Waals surface area contributed by atoms with E-state index in [0.29, 0.717) is 41.0 Å². The van der Waals surface area contributed by atoms with Crippen molar-refractivity contribution in [2.45, 2.75) is 13.8 Å². The lowest BCUT2D eigenvalue weighted by molar-refractivity contribution is -0.113. The molecule has 1 saturated heterocycles. The summed E-state index contributed by atoms with van der Waals surface area (Å²) in [5, 5.41) is 3.13. The van der Waals surface area contributed by atoms with Crippen molar-refractivity contribution >= 4 is 35.3 Å². The normalized spacial score (nSPS) is 15.2. The number of carbonyl (C=O) groups excluding carboxylic acids is 2. The Morgan fingerprint density at radius 1 is 1.04 bits per heavy atom. The lowest BCUT2D eigenvalue weighted by atomic mass is 10.1. The van der Waals surface area contributed by atoms with Gasteiger partial charge in [0.15, 0.2) is 0 Å². The number of rotatable bonds is 6. The Bertz CT molecular complexity index is 893. The molecule has 0 saturated carbocycles. The van der Waals surface area contributed by atoms with Crippen molar-refractivity contribution in [1.82, 2.24) is 5.32 Å². The molecule has 1 fully saturated rings. The molecule has 7 heteroatoms. The molecular formula is C20H19ClN2O4. The molecule has 0 spiro atoms. The van der Waals surface area contributed by atoms with Crippen LogP contribution in [0.15, 0.2) is 48.2 Å². The molecule has 1 N–H and O–H groups in total. The van der Waals surface area contributed by atoms with Gasteiger partial charge < -0.3 is 14.8 Å². The number of nitrogens with one attached hydrogen (secondary N) is 1. The molecule has 1 heterocycles. The monoisotopic (exact) mass is 386 g/mol. The number of hydrogen-bond acceptors (Lipinski definition) is 4. The highest BCUT2D eigenvalue weighted by Crippen LogP contribution is 2.29. The molecule has 0 radical (unpaired) electrons. The molecule has 0 bridgehead atoms. The lowest BCUT2D eigenvalue weighted by Crippen LogP contribution is -2.30. The SMILES string of the molecule is CCOc1ccc(/C=C2/NC(=O)N(c3ccc(Cl)cc3)C2=O)c(OCC)c1. The highest BCUT2D eigenvalue weighted by molar-refractivity contribution is 6.31. The summed E-state index contributed by atoms with van der Waals surface area (Å²) in [4.78, 5) is 26.1. The van der Waals surface area contributed by atoms with E-state index in [9.17, 15) is 9.59 Å². The van der Waals surface area contributed by atoms with Gasteiger partial charge in [0.05, 0.1) is 18.9 Å². The fourth-order valence-electron chi connectivity index (χ4n) is 2.69. The van der Waals surface area contributed by atoms with E-state index in [-0.39, 0.29) is 5.70 Å². The van der Waals surface area contributed by atoms with Crippen LogP contribution in [0, 0.1) is 0 Å².